The Kier molecular flexibility index (Phi) is 9.96. The Morgan fingerprint density at radius 1 is 0.955 bits per heavy atom. The molecule has 250 valence electrons. The van der Waals surface area contributed by atoms with Crippen molar-refractivity contribution in [3.8, 4) is 0 Å². The minimum absolute atomic E-state index is 0.0540. The Balaban J connectivity index is 1.82. The number of carbonyl (C=O) groups excluding carboxylic acids is 5. The lowest BCUT2D eigenvalue weighted by molar-refractivity contribution is -0.145. The van der Waals surface area contributed by atoms with Crippen molar-refractivity contribution in [1.82, 2.24) is 20.9 Å². The molecule has 12 nitrogen and oxygen atoms in total. The van der Waals surface area contributed by atoms with Crippen LogP contribution in [0.25, 0.3) is 0 Å². The molecule has 3 unspecified atom stereocenters. The van der Waals surface area contributed by atoms with Gasteiger partial charge in [0.2, 0.25) is 17.6 Å². The maximum absolute atomic E-state index is 14.2. The Bertz CT molecular complexity index is 1280. The summed E-state index contributed by atoms with van der Waals surface area (Å²) >= 11 is 0. The third-order valence-electron chi connectivity index (χ3n) is 9.74. The van der Waals surface area contributed by atoms with Gasteiger partial charge in [-0.05, 0) is 61.7 Å². The lowest BCUT2D eigenvalue weighted by Gasteiger charge is -2.38. The molecule has 3 rings (SSSR count). The highest BCUT2D eigenvalue weighted by Gasteiger charge is 2.70. The molecule has 0 aromatic carbocycles. The second-order valence-corrected chi connectivity index (χ2v) is 18.8. The number of likely N-dealkylation sites (tertiary alicyclic amines) is 1. The van der Waals surface area contributed by atoms with Crippen molar-refractivity contribution >= 4 is 39.4 Å². The van der Waals surface area contributed by atoms with Crippen LogP contribution in [-0.4, -0.2) is 84.1 Å². The van der Waals surface area contributed by atoms with Crippen LogP contribution in [0.5, 0.6) is 0 Å². The van der Waals surface area contributed by atoms with Gasteiger partial charge in [-0.1, -0.05) is 61.3 Å². The van der Waals surface area contributed by atoms with Crippen molar-refractivity contribution in [1.29, 1.82) is 0 Å². The molecular formula is C31H53N5O7S. The van der Waals surface area contributed by atoms with Crippen LogP contribution in [0.4, 0.5) is 4.79 Å². The van der Waals surface area contributed by atoms with E-state index in [9.17, 15) is 32.4 Å². The fourth-order valence-corrected chi connectivity index (χ4v) is 7.64. The number of hydrogen-bond donors (Lipinski definition) is 4. The first kappa shape index (κ1) is 35.8. The molecule has 13 heteroatoms. The number of nitrogens with zero attached hydrogens (tertiary/aromatic N) is 1. The Labute approximate surface area is 262 Å². The summed E-state index contributed by atoms with van der Waals surface area (Å²) in [6.45, 7) is 18.2. The van der Waals surface area contributed by atoms with Gasteiger partial charge in [-0.3, -0.25) is 19.2 Å². The molecule has 3 fully saturated rings. The molecule has 1 heterocycles. The van der Waals surface area contributed by atoms with Crippen LogP contribution < -0.4 is 21.7 Å². The van der Waals surface area contributed by atoms with Crippen LogP contribution in [0.1, 0.15) is 88.5 Å². The molecule has 0 aromatic rings. The van der Waals surface area contributed by atoms with E-state index in [0.29, 0.717) is 13.0 Å². The number of hydrogen-bond acceptors (Lipinski definition) is 7. The zero-order valence-electron chi connectivity index (χ0n) is 27.9. The molecule has 44 heavy (non-hydrogen) atoms. The number of ketones is 1. The molecule has 0 aromatic heterocycles. The summed E-state index contributed by atoms with van der Waals surface area (Å²) in [6, 6.07) is -4.35. The van der Waals surface area contributed by atoms with E-state index in [2.05, 4.69) is 16.0 Å². The largest absolute Gasteiger partial charge is 0.363 e. The fourth-order valence-electron chi connectivity index (χ4n) is 6.20. The number of amides is 5. The zero-order chi connectivity index (χ0) is 33.7. The van der Waals surface area contributed by atoms with Gasteiger partial charge in [0.1, 0.15) is 12.1 Å². The summed E-state index contributed by atoms with van der Waals surface area (Å²) in [5.74, 6) is -3.25. The first-order chi connectivity index (χ1) is 19.9. The maximum atomic E-state index is 14.2. The van der Waals surface area contributed by atoms with Crippen molar-refractivity contribution in [2.24, 2.45) is 40.2 Å². The maximum Gasteiger partial charge on any atom is 0.315 e. The molecule has 5 N–H and O–H groups in total. The average Bonchev–Trinajstić information content (AvgIpc) is 3.71. The van der Waals surface area contributed by atoms with E-state index in [1.807, 2.05) is 27.7 Å². The third kappa shape index (κ3) is 7.74. The number of Topliss-reactive ketones (excluding diaryl/α,β-unsaturated/α-hetero) is 1. The lowest BCUT2D eigenvalue weighted by Crippen LogP contribution is -2.62. The van der Waals surface area contributed by atoms with Crippen LogP contribution in [0.2, 0.25) is 0 Å². The number of urea groups is 1. The summed E-state index contributed by atoms with van der Waals surface area (Å²) in [5, 5.41) is 8.29. The minimum Gasteiger partial charge on any atom is -0.363 e. The molecule has 0 bridgehead atoms. The monoisotopic (exact) mass is 639 g/mol. The lowest BCUT2D eigenvalue weighted by atomic mass is 9.85. The van der Waals surface area contributed by atoms with Crippen LogP contribution in [0, 0.1) is 34.5 Å². The van der Waals surface area contributed by atoms with Gasteiger partial charge >= 0.3 is 6.03 Å². The molecule has 6 atom stereocenters. The highest BCUT2D eigenvalue weighted by atomic mass is 32.2. The first-order valence-corrected chi connectivity index (χ1v) is 17.3. The average molecular weight is 640 g/mol. The summed E-state index contributed by atoms with van der Waals surface area (Å²) in [4.78, 5) is 67.0. The van der Waals surface area contributed by atoms with Gasteiger partial charge in [0.15, 0.2) is 9.84 Å². The molecule has 2 aliphatic carbocycles. The van der Waals surface area contributed by atoms with Crippen molar-refractivity contribution in [2.75, 3.05) is 12.3 Å². The van der Waals surface area contributed by atoms with Crippen LogP contribution in [-0.2, 0) is 29.0 Å². The fraction of sp³-hybridized carbons (Fsp3) is 0.839. The van der Waals surface area contributed by atoms with Gasteiger partial charge in [-0.15, -0.1) is 0 Å². The molecule has 0 spiro atoms. The van der Waals surface area contributed by atoms with E-state index in [4.69, 9.17) is 5.73 Å². The number of nitrogens with two attached hydrogens (primary N) is 1. The number of primary amides is 1. The Morgan fingerprint density at radius 2 is 1.52 bits per heavy atom. The van der Waals surface area contributed by atoms with E-state index < -0.39 is 73.7 Å². The van der Waals surface area contributed by atoms with Crippen LogP contribution in [0.15, 0.2) is 0 Å². The van der Waals surface area contributed by atoms with E-state index >= 15 is 0 Å². The zero-order valence-corrected chi connectivity index (χ0v) is 28.8. The number of carbonyl (C=O) groups is 5. The Morgan fingerprint density at radius 3 is 1.98 bits per heavy atom. The standard InChI is InChI=1S/C31H53N5O7S/c1-16(2)20(15-44(42,43)30(6,7)8)34-28(41)35-24(29(3,4)5)27(40)36-14-18-21(31(18,9)10)22(36)26(39)33-19(13-17-11-12-17)23(37)25(32)38/h16-22,24H,11-15H2,1-10H3,(H2,32,38)(H,33,39)(H2,34,35,41)/t18?,19?,20-,21-,22?,24-/m1/s1. The summed E-state index contributed by atoms with van der Waals surface area (Å²) in [7, 11) is -3.54. The van der Waals surface area contributed by atoms with E-state index in [1.165, 1.54) is 4.90 Å². The number of rotatable bonds is 12. The first-order valence-electron chi connectivity index (χ1n) is 15.6. The number of piperidine rings is 1. The second kappa shape index (κ2) is 12.2. The smallest absolute Gasteiger partial charge is 0.315 e. The summed E-state index contributed by atoms with van der Waals surface area (Å²) < 4.78 is 24.8. The topological polar surface area (TPSA) is 185 Å². The van der Waals surface area contributed by atoms with Gasteiger partial charge in [0.05, 0.1) is 16.5 Å². The molecule has 1 saturated heterocycles. The molecule has 5 amide bonds. The van der Waals surface area contributed by atoms with Gasteiger partial charge in [-0.2, -0.15) is 0 Å². The number of fused-ring (bicyclic) bond motifs is 1. The Hall–Kier alpha value is -2.70. The van der Waals surface area contributed by atoms with Crippen molar-refractivity contribution in [3.05, 3.63) is 0 Å². The van der Waals surface area contributed by atoms with Gasteiger partial charge < -0.3 is 26.6 Å². The molecule has 1 aliphatic heterocycles. The van der Waals surface area contributed by atoms with Gasteiger partial charge in [-0.25, -0.2) is 13.2 Å². The quantitative estimate of drug-likeness (QED) is 0.234. The normalized spacial score (nSPS) is 25.0. The van der Waals surface area contributed by atoms with Crippen LogP contribution in [0.3, 0.4) is 0 Å². The van der Waals surface area contributed by atoms with Crippen molar-refractivity contribution in [3.63, 3.8) is 0 Å². The number of nitrogens with one attached hydrogen (secondary N) is 3. The van der Waals surface area contributed by atoms with Crippen molar-refractivity contribution in [2.45, 2.75) is 117 Å². The molecule has 2 saturated carbocycles. The second-order valence-electron chi connectivity index (χ2n) is 16.0. The highest BCUT2D eigenvalue weighted by molar-refractivity contribution is 7.92. The van der Waals surface area contributed by atoms with Gasteiger partial charge in [0, 0.05) is 12.6 Å². The summed E-state index contributed by atoms with van der Waals surface area (Å²) in [5.41, 5.74) is 4.30. The highest BCUT2D eigenvalue weighted by Crippen LogP contribution is 2.65. The molecule has 0 radical (unpaired) electrons. The predicted octanol–water partition coefficient (Wildman–Crippen LogP) is 1.76. The van der Waals surface area contributed by atoms with Crippen molar-refractivity contribution < 1.29 is 32.4 Å². The van der Waals surface area contributed by atoms with E-state index in [0.717, 1.165) is 12.8 Å². The van der Waals surface area contributed by atoms with E-state index in [-0.39, 0.29) is 34.8 Å². The van der Waals surface area contributed by atoms with Gasteiger partial charge in [0.25, 0.3) is 5.91 Å². The molecular weight excluding hydrogens is 586 g/mol. The minimum atomic E-state index is -3.54. The van der Waals surface area contributed by atoms with E-state index in [1.54, 1.807) is 41.5 Å². The third-order valence-corrected chi connectivity index (χ3v) is 12.4. The number of sulfone groups is 1. The van der Waals surface area contributed by atoms with Crippen LogP contribution >= 0.6 is 0 Å². The predicted molar refractivity (Wildman–Crippen MR) is 167 cm³/mol. The molecule has 3 aliphatic rings. The summed E-state index contributed by atoms with van der Waals surface area (Å²) in [6.07, 6.45) is 2.13. The SMILES string of the molecule is CC(C)[C@@H](CS(=O)(=O)C(C)(C)C)NC(=O)N[C@H](C(=O)N1CC2[C@H](C1C(=O)NC(CC1CC1)C(=O)C(N)=O)C2(C)C)C(C)(C)C.